The first kappa shape index (κ1) is 41.0. The fourth-order valence-corrected chi connectivity index (χ4v) is 6.75. The van der Waals surface area contributed by atoms with Crippen molar-refractivity contribution in [2.45, 2.75) is 130 Å². The Bertz CT molecular complexity index is 1360. The predicted octanol–water partition coefficient (Wildman–Crippen LogP) is 8.48. The Morgan fingerprint density at radius 1 is 1.11 bits per heavy atom. The van der Waals surface area contributed by atoms with Gasteiger partial charge in [0, 0.05) is 25.1 Å². The molecule has 0 amide bonds. The quantitative estimate of drug-likeness (QED) is 0.312. The lowest BCUT2D eigenvalue weighted by Crippen LogP contribution is -2.52. The summed E-state index contributed by atoms with van der Waals surface area (Å²) in [4.78, 5) is 18.8. The number of aryl methyl sites for hydroxylation is 1. The molecule has 250 valence electrons. The summed E-state index contributed by atoms with van der Waals surface area (Å²) in [6.45, 7) is 18.8. The minimum Gasteiger partial charge on any atom is -0.490 e. The van der Waals surface area contributed by atoms with Gasteiger partial charge >= 0.3 is 6.18 Å². The van der Waals surface area contributed by atoms with Gasteiger partial charge in [0.15, 0.2) is 15.6 Å². The molecule has 0 saturated carbocycles. The van der Waals surface area contributed by atoms with Crippen molar-refractivity contribution in [3.63, 3.8) is 0 Å². The highest BCUT2D eigenvalue weighted by Crippen LogP contribution is 2.44. The van der Waals surface area contributed by atoms with Crippen LogP contribution in [0, 0.1) is 6.92 Å². The molecular weight excluding hydrogens is 591 g/mol. The highest BCUT2D eigenvalue weighted by Gasteiger charge is 2.48. The molecule has 0 fully saturated rings. The molecule has 0 radical (unpaired) electrons. The zero-order valence-corrected chi connectivity index (χ0v) is 27.9. The van der Waals surface area contributed by atoms with Crippen LogP contribution >= 0.6 is 0 Å². The molecule has 2 N–H and O–H groups in total. The third kappa shape index (κ3) is 9.78. The van der Waals surface area contributed by atoms with Crippen LogP contribution in [-0.2, 0) is 21.6 Å². The Hall–Kier alpha value is -2.95. The zero-order valence-electron chi connectivity index (χ0n) is 27.1. The summed E-state index contributed by atoms with van der Waals surface area (Å²) in [5.41, 5.74) is 6.95. The molecule has 4 rings (SSSR count). The lowest BCUT2D eigenvalue weighted by Gasteiger charge is -2.36. The minimum atomic E-state index is -4.40. The van der Waals surface area contributed by atoms with Gasteiger partial charge in [-0.15, -0.1) is 0 Å². The van der Waals surface area contributed by atoms with E-state index < -0.39 is 37.1 Å². The number of benzene rings is 1. The number of Topliss-reactive ketones (excluding diaryl/α,β-unsaturated/α-hetero) is 1. The summed E-state index contributed by atoms with van der Waals surface area (Å²) in [6, 6.07) is 7.95. The van der Waals surface area contributed by atoms with E-state index >= 15 is 0 Å². The summed E-state index contributed by atoms with van der Waals surface area (Å²) in [6.07, 6.45) is -1.05. The number of aromatic nitrogens is 1. The van der Waals surface area contributed by atoms with E-state index in [1.807, 2.05) is 46.8 Å². The molecule has 0 aliphatic carbocycles. The number of sulfone groups is 1. The number of nitrogens with zero attached hydrogens (tertiary/aromatic N) is 2. The van der Waals surface area contributed by atoms with Crippen LogP contribution in [0.25, 0.3) is 0 Å². The number of nitrogens with two attached hydrogens (primary N) is 1. The number of amidine groups is 1. The molecule has 1 aromatic heterocycles. The Labute approximate surface area is 262 Å². The van der Waals surface area contributed by atoms with E-state index in [4.69, 9.17) is 15.5 Å². The van der Waals surface area contributed by atoms with Gasteiger partial charge in [-0.05, 0) is 71.7 Å². The molecule has 11 heteroatoms. The molecule has 2 aliphatic rings. The summed E-state index contributed by atoms with van der Waals surface area (Å²) in [5, 5.41) is -0.485. The average molecular weight is 644 g/mol. The van der Waals surface area contributed by atoms with Crippen LogP contribution in [0.5, 0.6) is 5.75 Å². The van der Waals surface area contributed by atoms with Crippen LogP contribution in [-0.4, -0.2) is 41.1 Å². The molecule has 1 unspecified atom stereocenters. The van der Waals surface area contributed by atoms with Crippen LogP contribution in [0.15, 0.2) is 41.5 Å². The number of ether oxygens (including phenoxy) is 1. The van der Waals surface area contributed by atoms with Crippen molar-refractivity contribution in [1.82, 2.24) is 4.98 Å². The average Bonchev–Trinajstić information content (AvgIpc) is 2.97. The van der Waals surface area contributed by atoms with E-state index in [1.54, 1.807) is 13.8 Å². The van der Waals surface area contributed by atoms with Gasteiger partial charge in [0.1, 0.15) is 22.0 Å². The first-order valence-electron chi connectivity index (χ1n) is 14.7. The van der Waals surface area contributed by atoms with Crippen LogP contribution in [0.2, 0.25) is 0 Å². The standard InChI is InChI=1S/C19H28N2O3S.C8H6F3NO.C3H8.C2H6.CH4/c1-12-6-7-16-15(10-12)19(5)9-8-14(11-13(2)24-16)25(22,23)18(3,4)17(20)21-19;1-5(13)7-3-2-6(4-12-7)8(9,10)11;1-3-2;1-2;/h6-7,10,13-14H,8-9,11H2,1-5H3,(H2,20,21);2-4H,1H3;3H2,1-2H3;1-2H3;1H4/t13-,14?,19-;;;;/m0..../s1. The number of fused-ring (bicyclic) bond motifs is 5. The van der Waals surface area contributed by atoms with Crippen LogP contribution in [0.3, 0.4) is 0 Å². The van der Waals surface area contributed by atoms with E-state index in [-0.39, 0.29) is 30.8 Å². The Kier molecular flexibility index (Phi) is 15.3. The van der Waals surface area contributed by atoms with Crippen LogP contribution < -0.4 is 10.5 Å². The topological polar surface area (TPSA) is 112 Å². The monoisotopic (exact) mass is 643 g/mol. The highest BCUT2D eigenvalue weighted by atomic mass is 32.2. The summed E-state index contributed by atoms with van der Waals surface area (Å²) < 4.78 is 67.4. The normalized spacial score (nSPS) is 23.0. The number of halogens is 3. The van der Waals surface area contributed by atoms with Gasteiger partial charge in [0.05, 0.1) is 22.5 Å². The number of rotatable bonds is 1. The molecule has 2 aliphatic heterocycles. The number of carbonyl (C=O) groups is 1. The van der Waals surface area contributed by atoms with Crippen LogP contribution in [0.1, 0.15) is 123 Å². The van der Waals surface area contributed by atoms with E-state index in [2.05, 4.69) is 24.9 Å². The van der Waals surface area contributed by atoms with Gasteiger partial charge in [-0.25, -0.2) is 8.42 Å². The third-order valence-corrected chi connectivity index (χ3v) is 10.1. The number of hydrogen-bond donors (Lipinski definition) is 1. The smallest absolute Gasteiger partial charge is 0.417 e. The minimum absolute atomic E-state index is 0. The number of ketones is 1. The van der Waals surface area contributed by atoms with E-state index in [0.717, 1.165) is 29.0 Å². The maximum absolute atomic E-state index is 13.2. The SMILES string of the molecule is C.CC.CC(=O)c1ccc(C(F)(F)F)cn1.CCC.Cc1ccc2c(c1)[C@]1(C)CCC(C[C@H](C)O2)S(=O)(=O)C(C)(C)C(N)=N1. The second kappa shape index (κ2) is 16.4. The molecule has 7 nitrogen and oxygen atoms in total. The Balaban J connectivity index is 0.000000823. The Morgan fingerprint density at radius 2 is 1.68 bits per heavy atom. The third-order valence-electron chi connectivity index (χ3n) is 7.18. The Morgan fingerprint density at radius 3 is 2.16 bits per heavy atom. The van der Waals surface area contributed by atoms with Crippen LogP contribution in [0.4, 0.5) is 13.2 Å². The number of carbonyl (C=O) groups excluding carboxylic acids is 1. The number of aliphatic imine (C=N–C) groups is 1. The maximum Gasteiger partial charge on any atom is 0.417 e. The van der Waals surface area contributed by atoms with Gasteiger partial charge in [-0.3, -0.25) is 14.8 Å². The van der Waals surface area contributed by atoms with E-state index in [1.165, 1.54) is 13.3 Å². The van der Waals surface area contributed by atoms with Crippen molar-refractivity contribution in [1.29, 1.82) is 0 Å². The van der Waals surface area contributed by atoms with Crippen molar-refractivity contribution in [3.8, 4) is 5.75 Å². The molecule has 3 heterocycles. The van der Waals surface area contributed by atoms with E-state index in [0.29, 0.717) is 25.5 Å². The highest BCUT2D eigenvalue weighted by molar-refractivity contribution is 7.94. The fourth-order valence-electron chi connectivity index (χ4n) is 4.63. The van der Waals surface area contributed by atoms with Crippen molar-refractivity contribution in [2.24, 2.45) is 10.7 Å². The molecule has 2 bridgehead atoms. The molecule has 0 saturated heterocycles. The van der Waals surface area contributed by atoms with Gasteiger partial charge < -0.3 is 10.5 Å². The number of hydrogen-bond acceptors (Lipinski definition) is 7. The summed E-state index contributed by atoms with van der Waals surface area (Å²) in [7, 11) is -3.47. The molecule has 2 aromatic rings. The largest absolute Gasteiger partial charge is 0.490 e. The van der Waals surface area contributed by atoms with Gasteiger partial charge in [-0.2, -0.15) is 13.2 Å². The second-order valence-electron chi connectivity index (χ2n) is 11.3. The van der Waals surface area contributed by atoms with Gasteiger partial charge in [0.2, 0.25) is 0 Å². The second-order valence-corrected chi connectivity index (χ2v) is 14.1. The number of pyridine rings is 1. The van der Waals surface area contributed by atoms with Crippen molar-refractivity contribution >= 4 is 21.5 Å². The number of alkyl halides is 3. The summed E-state index contributed by atoms with van der Waals surface area (Å²) >= 11 is 0. The molecule has 44 heavy (non-hydrogen) atoms. The molecule has 3 atom stereocenters. The van der Waals surface area contributed by atoms with Gasteiger partial charge in [-0.1, -0.05) is 53.2 Å². The fraction of sp³-hybridized carbons (Fsp3) is 0.606. The first-order chi connectivity index (χ1) is 19.8. The lowest BCUT2D eigenvalue weighted by molar-refractivity contribution is -0.137. The molecule has 0 spiro atoms. The van der Waals surface area contributed by atoms with Crippen molar-refractivity contribution < 1.29 is 31.1 Å². The zero-order chi connectivity index (χ0) is 33.4. The first-order valence-corrected chi connectivity index (χ1v) is 16.3. The maximum atomic E-state index is 13.2. The molecule has 1 aromatic carbocycles. The lowest BCUT2D eigenvalue weighted by atomic mass is 9.85. The van der Waals surface area contributed by atoms with E-state index in [9.17, 15) is 26.4 Å². The van der Waals surface area contributed by atoms with Crippen molar-refractivity contribution in [3.05, 3.63) is 58.9 Å². The van der Waals surface area contributed by atoms with Gasteiger partial charge in [0.25, 0.3) is 0 Å². The predicted molar refractivity (Wildman–Crippen MR) is 174 cm³/mol. The summed E-state index contributed by atoms with van der Waals surface area (Å²) in [5.74, 6) is 0.602. The molecular formula is C33H52F3N3O4S. The van der Waals surface area contributed by atoms with Crippen molar-refractivity contribution in [2.75, 3.05) is 0 Å².